The van der Waals surface area contributed by atoms with Crippen molar-refractivity contribution in [2.45, 2.75) is 71.3 Å². The van der Waals surface area contributed by atoms with Gasteiger partial charge in [0.1, 0.15) is 0 Å². The highest BCUT2D eigenvalue weighted by molar-refractivity contribution is 5.18. The van der Waals surface area contributed by atoms with Gasteiger partial charge in [0.2, 0.25) is 0 Å². The van der Waals surface area contributed by atoms with Gasteiger partial charge in [-0.25, -0.2) is 0 Å². The Morgan fingerprint density at radius 3 is 2.43 bits per heavy atom. The largest absolute Gasteiger partial charge is 0.310 e. The average molecular weight is 287 g/mol. The zero-order valence-electron chi connectivity index (χ0n) is 14.0. The molecule has 1 N–H and O–H groups in total. The molecule has 1 aromatic rings. The lowest BCUT2D eigenvalue weighted by atomic mass is 9.83. The summed E-state index contributed by atoms with van der Waals surface area (Å²) in [5, 5.41) is 3.88. The Morgan fingerprint density at radius 1 is 1.05 bits per heavy atom. The number of benzene rings is 1. The minimum absolute atomic E-state index is 0.553. The van der Waals surface area contributed by atoms with E-state index in [0.717, 1.165) is 11.8 Å². The van der Waals surface area contributed by atoms with Gasteiger partial charge < -0.3 is 5.32 Å². The molecule has 0 amide bonds. The summed E-state index contributed by atoms with van der Waals surface area (Å²) in [5.74, 6) is 1.86. The Bertz CT molecular complexity index is 365. The van der Waals surface area contributed by atoms with Crippen molar-refractivity contribution in [1.82, 2.24) is 5.32 Å². The van der Waals surface area contributed by atoms with Gasteiger partial charge in [0.05, 0.1) is 0 Å². The lowest BCUT2D eigenvalue weighted by molar-refractivity contribution is 0.271. The molecule has 0 aliphatic heterocycles. The van der Waals surface area contributed by atoms with Crippen molar-refractivity contribution in [3.63, 3.8) is 0 Å². The highest BCUT2D eigenvalue weighted by atomic mass is 14.9. The van der Waals surface area contributed by atoms with Gasteiger partial charge in [0.25, 0.3) is 0 Å². The van der Waals surface area contributed by atoms with E-state index >= 15 is 0 Å². The molecule has 21 heavy (non-hydrogen) atoms. The van der Waals surface area contributed by atoms with Crippen molar-refractivity contribution in [2.24, 2.45) is 11.8 Å². The molecule has 1 aromatic carbocycles. The SMILES string of the molecule is CCCCCC(NCC1CCC(C)CC1)c1ccccc1. The molecule has 2 rings (SSSR count). The summed E-state index contributed by atoms with van der Waals surface area (Å²) in [6.07, 6.45) is 11.0. The molecule has 0 aromatic heterocycles. The Morgan fingerprint density at radius 2 is 1.76 bits per heavy atom. The third kappa shape index (κ3) is 5.82. The smallest absolute Gasteiger partial charge is 0.0320 e. The molecule has 118 valence electrons. The van der Waals surface area contributed by atoms with Gasteiger partial charge in [-0.3, -0.25) is 0 Å². The third-order valence-corrected chi connectivity index (χ3v) is 5.09. The molecule has 0 radical (unpaired) electrons. The first-order valence-electron chi connectivity index (χ1n) is 9.08. The van der Waals surface area contributed by atoms with Crippen LogP contribution in [0.1, 0.15) is 76.8 Å². The van der Waals surface area contributed by atoms with E-state index in [-0.39, 0.29) is 0 Å². The van der Waals surface area contributed by atoms with Crippen molar-refractivity contribution in [1.29, 1.82) is 0 Å². The van der Waals surface area contributed by atoms with E-state index in [0.29, 0.717) is 6.04 Å². The summed E-state index contributed by atoms with van der Waals surface area (Å²) in [5.41, 5.74) is 1.47. The monoisotopic (exact) mass is 287 g/mol. The standard InChI is InChI=1S/C20H33N/c1-3-4-6-11-20(19-9-7-5-8-10-19)21-16-18-14-12-17(2)13-15-18/h5,7-10,17-18,20-21H,3-4,6,11-16H2,1-2H3. The van der Waals surface area contributed by atoms with Crippen LogP contribution < -0.4 is 5.32 Å². The Labute approximate surface area is 131 Å². The molecular formula is C20H33N. The summed E-state index contributed by atoms with van der Waals surface area (Å²) in [7, 11) is 0. The first-order chi connectivity index (χ1) is 10.3. The molecule has 0 saturated heterocycles. The van der Waals surface area contributed by atoms with E-state index in [9.17, 15) is 0 Å². The molecule has 1 aliphatic carbocycles. The number of unbranched alkanes of at least 4 members (excludes halogenated alkanes) is 2. The van der Waals surface area contributed by atoms with Gasteiger partial charge in [-0.1, -0.05) is 76.3 Å². The highest BCUT2D eigenvalue weighted by Crippen LogP contribution is 2.29. The maximum absolute atomic E-state index is 3.88. The molecule has 1 unspecified atom stereocenters. The number of hydrogen-bond acceptors (Lipinski definition) is 1. The third-order valence-electron chi connectivity index (χ3n) is 5.09. The molecule has 0 heterocycles. The number of hydrogen-bond donors (Lipinski definition) is 1. The van der Waals surface area contributed by atoms with Crippen molar-refractivity contribution in [3.8, 4) is 0 Å². The van der Waals surface area contributed by atoms with Crippen LogP contribution in [0.5, 0.6) is 0 Å². The van der Waals surface area contributed by atoms with Gasteiger partial charge in [-0.05, 0) is 43.2 Å². The van der Waals surface area contributed by atoms with Gasteiger partial charge in [-0.2, -0.15) is 0 Å². The van der Waals surface area contributed by atoms with E-state index in [1.54, 1.807) is 0 Å². The van der Waals surface area contributed by atoms with Crippen molar-refractivity contribution < 1.29 is 0 Å². The van der Waals surface area contributed by atoms with Crippen molar-refractivity contribution >= 4 is 0 Å². The van der Waals surface area contributed by atoms with Gasteiger partial charge in [-0.15, -0.1) is 0 Å². The van der Waals surface area contributed by atoms with Crippen LogP contribution >= 0.6 is 0 Å². The van der Waals surface area contributed by atoms with Crippen LogP contribution in [0.25, 0.3) is 0 Å². The van der Waals surface area contributed by atoms with E-state index in [4.69, 9.17) is 0 Å². The second-order valence-corrected chi connectivity index (χ2v) is 6.99. The predicted octanol–water partition coefficient (Wildman–Crippen LogP) is 5.72. The fourth-order valence-electron chi connectivity index (χ4n) is 3.51. The predicted molar refractivity (Wildman–Crippen MR) is 92.4 cm³/mol. The zero-order chi connectivity index (χ0) is 14.9. The normalized spacial score (nSPS) is 23.9. The summed E-state index contributed by atoms with van der Waals surface area (Å²) in [4.78, 5) is 0. The lowest BCUT2D eigenvalue weighted by Gasteiger charge is -2.28. The molecule has 1 heteroatoms. The van der Waals surface area contributed by atoms with Gasteiger partial charge in [0, 0.05) is 6.04 Å². The van der Waals surface area contributed by atoms with E-state index < -0.39 is 0 Å². The first-order valence-corrected chi connectivity index (χ1v) is 9.08. The Hall–Kier alpha value is -0.820. The van der Waals surface area contributed by atoms with Crippen LogP contribution in [0.15, 0.2) is 30.3 Å². The molecule has 1 aliphatic rings. The molecule has 0 bridgehead atoms. The van der Waals surface area contributed by atoms with Crippen LogP contribution in [0.4, 0.5) is 0 Å². The van der Waals surface area contributed by atoms with E-state index in [1.165, 1.54) is 63.5 Å². The van der Waals surface area contributed by atoms with E-state index in [1.807, 2.05) is 0 Å². The molecule has 0 spiro atoms. The van der Waals surface area contributed by atoms with Crippen LogP contribution in [-0.2, 0) is 0 Å². The average Bonchev–Trinajstić information content (AvgIpc) is 2.53. The summed E-state index contributed by atoms with van der Waals surface area (Å²) in [6.45, 7) is 5.90. The molecule has 1 fully saturated rings. The van der Waals surface area contributed by atoms with Crippen LogP contribution in [0, 0.1) is 11.8 Å². The van der Waals surface area contributed by atoms with Gasteiger partial charge >= 0.3 is 0 Å². The van der Waals surface area contributed by atoms with Crippen LogP contribution in [0.2, 0.25) is 0 Å². The number of rotatable bonds is 8. The maximum Gasteiger partial charge on any atom is 0.0320 e. The minimum atomic E-state index is 0.553. The molecular weight excluding hydrogens is 254 g/mol. The van der Waals surface area contributed by atoms with Crippen LogP contribution in [-0.4, -0.2) is 6.54 Å². The summed E-state index contributed by atoms with van der Waals surface area (Å²) in [6, 6.07) is 11.6. The zero-order valence-corrected chi connectivity index (χ0v) is 14.0. The molecule has 1 nitrogen and oxygen atoms in total. The van der Waals surface area contributed by atoms with Crippen molar-refractivity contribution in [2.75, 3.05) is 6.54 Å². The molecule has 1 saturated carbocycles. The van der Waals surface area contributed by atoms with Crippen LogP contribution in [0.3, 0.4) is 0 Å². The first kappa shape index (κ1) is 16.5. The topological polar surface area (TPSA) is 12.0 Å². The van der Waals surface area contributed by atoms with Gasteiger partial charge in [0.15, 0.2) is 0 Å². The fraction of sp³-hybridized carbons (Fsp3) is 0.700. The Kier molecular flexibility index (Phi) is 7.29. The maximum atomic E-state index is 3.88. The Balaban J connectivity index is 1.83. The highest BCUT2D eigenvalue weighted by Gasteiger charge is 2.19. The second kappa shape index (κ2) is 9.25. The van der Waals surface area contributed by atoms with Crippen molar-refractivity contribution in [3.05, 3.63) is 35.9 Å². The molecule has 1 atom stereocenters. The summed E-state index contributed by atoms with van der Waals surface area (Å²) >= 11 is 0. The number of nitrogens with one attached hydrogen (secondary N) is 1. The van der Waals surface area contributed by atoms with E-state index in [2.05, 4.69) is 49.5 Å². The summed E-state index contributed by atoms with van der Waals surface area (Å²) < 4.78 is 0. The quantitative estimate of drug-likeness (QED) is 0.603. The fourth-order valence-corrected chi connectivity index (χ4v) is 3.51. The minimum Gasteiger partial charge on any atom is -0.310 e. The lowest BCUT2D eigenvalue weighted by Crippen LogP contribution is -2.29. The second-order valence-electron chi connectivity index (χ2n) is 6.99.